The Kier molecular flexibility index (Phi) is 3.50. The third-order valence-corrected chi connectivity index (χ3v) is 4.13. The molecular formula is C18H14ClN3O2. The second-order valence-electron chi connectivity index (χ2n) is 5.63. The van der Waals surface area contributed by atoms with Gasteiger partial charge in [-0.15, -0.1) is 0 Å². The van der Waals surface area contributed by atoms with Crippen molar-refractivity contribution in [1.82, 2.24) is 9.97 Å². The SMILES string of the molecule is CC(Nc1nc2ccccc2c(=O)[nH]1)c1cc2cc(Cl)ccc2o1. The highest BCUT2D eigenvalue weighted by molar-refractivity contribution is 6.31. The molecule has 0 aliphatic carbocycles. The highest BCUT2D eigenvalue weighted by Gasteiger charge is 2.13. The summed E-state index contributed by atoms with van der Waals surface area (Å²) in [7, 11) is 0. The number of aromatic amines is 1. The van der Waals surface area contributed by atoms with Crippen molar-refractivity contribution in [1.29, 1.82) is 0 Å². The molecule has 0 fully saturated rings. The Bertz CT molecular complexity index is 1100. The molecule has 0 amide bonds. The Morgan fingerprint density at radius 3 is 2.92 bits per heavy atom. The van der Waals surface area contributed by atoms with Crippen molar-refractivity contribution in [3.05, 3.63) is 69.7 Å². The van der Waals surface area contributed by atoms with E-state index in [-0.39, 0.29) is 11.6 Å². The van der Waals surface area contributed by atoms with E-state index < -0.39 is 0 Å². The maximum atomic E-state index is 12.1. The predicted molar refractivity (Wildman–Crippen MR) is 95.6 cm³/mol. The predicted octanol–water partition coefficient (Wildman–Crippen LogP) is 4.50. The smallest absolute Gasteiger partial charge is 0.260 e. The van der Waals surface area contributed by atoms with Crippen LogP contribution in [0.25, 0.3) is 21.9 Å². The van der Waals surface area contributed by atoms with Crippen LogP contribution in [0, 0.1) is 0 Å². The minimum Gasteiger partial charge on any atom is -0.459 e. The van der Waals surface area contributed by atoms with Crippen molar-refractivity contribution in [2.45, 2.75) is 13.0 Å². The first-order valence-corrected chi connectivity index (χ1v) is 7.92. The van der Waals surface area contributed by atoms with Crippen molar-refractivity contribution in [3.8, 4) is 0 Å². The van der Waals surface area contributed by atoms with Gasteiger partial charge < -0.3 is 9.73 Å². The molecule has 0 radical (unpaired) electrons. The Morgan fingerprint density at radius 1 is 1.21 bits per heavy atom. The molecule has 120 valence electrons. The van der Waals surface area contributed by atoms with Gasteiger partial charge >= 0.3 is 0 Å². The van der Waals surface area contributed by atoms with Gasteiger partial charge in [-0.2, -0.15) is 0 Å². The number of fused-ring (bicyclic) bond motifs is 2. The van der Waals surface area contributed by atoms with Crippen molar-refractivity contribution < 1.29 is 4.42 Å². The van der Waals surface area contributed by atoms with Gasteiger partial charge in [0.1, 0.15) is 11.3 Å². The van der Waals surface area contributed by atoms with Crippen molar-refractivity contribution >= 4 is 39.4 Å². The maximum absolute atomic E-state index is 12.1. The number of nitrogens with zero attached hydrogens (tertiary/aromatic N) is 1. The van der Waals surface area contributed by atoms with Gasteiger partial charge in [0.25, 0.3) is 5.56 Å². The summed E-state index contributed by atoms with van der Waals surface area (Å²) in [6.45, 7) is 1.94. The van der Waals surface area contributed by atoms with Crippen molar-refractivity contribution in [2.24, 2.45) is 0 Å². The summed E-state index contributed by atoms with van der Waals surface area (Å²) in [5, 5.41) is 5.34. The van der Waals surface area contributed by atoms with Gasteiger partial charge in [0.15, 0.2) is 0 Å². The lowest BCUT2D eigenvalue weighted by atomic mass is 10.2. The molecular weight excluding hydrogens is 326 g/mol. The summed E-state index contributed by atoms with van der Waals surface area (Å²) in [5.41, 5.74) is 1.24. The molecule has 24 heavy (non-hydrogen) atoms. The Hall–Kier alpha value is -2.79. The first-order valence-electron chi connectivity index (χ1n) is 7.55. The number of benzene rings is 2. The van der Waals surface area contributed by atoms with Crippen LogP contribution in [0.15, 0.2) is 57.7 Å². The van der Waals surface area contributed by atoms with Gasteiger partial charge in [-0.3, -0.25) is 9.78 Å². The molecule has 6 heteroatoms. The Balaban J connectivity index is 1.67. The Labute approximate surface area is 142 Å². The summed E-state index contributed by atoms with van der Waals surface area (Å²) in [4.78, 5) is 19.3. The van der Waals surface area contributed by atoms with E-state index in [0.29, 0.717) is 21.9 Å². The summed E-state index contributed by atoms with van der Waals surface area (Å²) >= 11 is 6.00. The van der Waals surface area contributed by atoms with E-state index in [4.69, 9.17) is 16.0 Å². The van der Waals surface area contributed by atoms with E-state index in [1.807, 2.05) is 43.3 Å². The molecule has 4 aromatic rings. The number of aromatic nitrogens is 2. The minimum atomic E-state index is -0.174. The van der Waals surface area contributed by atoms with Crippen LogP contribution in [0.4, 0.5) is 5.95 Å². The van der Waals surface area contributed by atoms with Gasteiger partial charge in [-0.25, -0.2) is 4.98 Å². The van der Waals surface area contributed by atoms with Crippen molar-refractivity contribution in [3.63, 3.8) is 0 Å². The third-order valence-electron chi connectivity index (χ3n) is 3.89. The monoisotopic (exact) mass is 339 g/mol. The zero-order valence-electron chi connectivity index (χ0n) is 12.8. The molecule has 5 nitrogen and oxygen atoms in total. The number of furan rings is 1. The highest BCUT2D eigenvalue weighted by Crippen LogP contribution is 2.27. The highest BCUT2D eigenvalue weighted by atomic mass is 35.5. The first kappa shape index (κ1) is 14.8. The molecule has 1 unspecified atom stereocenters. The molecule has 2 aromatic carbocycles. The number of para-hydroxylation sites is 1. The van der Waals surface area contributed by atoms with Crippen LogP contribution in [0.1, 0.15) is 18.7 Å². The van der Waals surface area contributed by atoms with Gasteiger partial charge in [-0.1, -0.05) is 23.7 Å². The molecule has 0 aliphatic heterocycles. The number of halogens is 1. The van der Waals surface area contributed by atoms with E-state index >= 15 is 0 Å². The largest absolute Gasteiger partial charge is 0.459 e. The fourth-order valence-electron chi connectivity index (χ4n) is 2.68. The first-order chi connectivity index (χ1) is 11.6. The fraction of sp³-hybridized carbons (Fsp3) is 0.111. The van der Waals surface area contributed by atoms with Crippen molar-refractivity contribution in [2.75, 3.05) is 5.32 Å². The maximum Gasteiger partial charge on any atom is 0.260 e. The minimum absolute atomic E-state index is 0.166. The number of nitrogens with one attached hydrogen (secondary N) is 2. The zero-order chi connectivity index (χ0) is 16.7. The van der Waals surface area contributed by atoms with Crippen LogP contribution in [0.5, 0.6) is 0 Å². The molecule has 2 aromatic heterocycles. The fourth-order valence-corrected chi connectivity index (χ4v) is 2.86. The topological polar surface area (TPSA) is 70.9 Å². The van der Waals surface area contributed by atoms with Crippen LogP contribution >= 0.6 is 11.6 Å². The Morgan fingerprint density at radius 2 is 2.04 bits per heavy atom. The zero-order valence-corrected chi connectivity index (χ0v) is 13.6. The van der Waals surface area contributed by atoms with Gasteiger partial charge in [0, 0.05) is 10.4 Å². The standard InChI is InChI=1S/C18H14ClN3O2/c1-10(16-9-11-8-12(19)6-7-15(11)24-16)20-18-21-14-5-3-2-4-13(14)17(23)22-18/h2-10H,1H3,(H2,20,21,22,23). The van der Waals surface area contributed by atoms with E-state index in [2.05, 4.69) is 15.3 Å². The van der Waals surface area contributed by atoms with Crippen LogP contribution in [-0.2, 0) is 0 Å². The average Bonchev–Trinajstić information content (AvgIpc) is 2.98. The van der Waals surface area contributed by atoms with E-state index in [0.717, 1.165) is 16.7 Å². The number of hydrogen-bond donors (Lipinski definition) is 2. The molecule has 0 bridgehead atoms. The van der Waals surface area contributed by atoms with Crippen LogP contribution < -0.4 is 10.9 Å². The summed E-state index contributed by atoms with van der Waals surface area (Å²) in [6.07, 6.45) is 0. The van der Waals surface area contributed by atoms with Crippen LogP contribution in [0.2, 0.25) is 5.02 Å². The quantitative estimate of drug-likeness (QED) is 0.576. The lowest BCUT2D eigenvalue weighted by Gasteiger charge is -2.12. The van der Waals surface area contributed by atoms with Crippen LogP contribution in [-0.4, -0.2) is 9.97 Å². The van der Waals surface area contributed by atoms with Gasteiger partial charge in [0.05, 0.1) is 16.9 Å². The number of anilines is 1. The summed E-state index contributed by atoms with van der Waals surface area (Å²) < 4.78 is 5.83. The molecule has 0 saturated carbocycles. The normalized spacial score (nSPS) is 12.6. The summed E-state index contributed by atoms with van der Waals surface area (Å²) in [5.74, 6) is 1.15. The lowest BCUT2D eigenvalue weighted by molar-refractivity contribution is 0.525. The molecule has 0 spiro atoms. The summed E-state index contributed by atoms with van der Waals surface area (Å²) in [6, 6.07) is 14.5. The molecule has 2 N–H and O–H groups in total. The third kappa shape index (κ3) is 2.63. The molecule has 0 saturated heterocycles. The number of H-pyrrole nitrogens is 1. The number of hydrogen-bond acceptors (Lipinski definition) is 4. The lowest BCUT2D eigenvalue weighted by Crippen LogP contribution is -2.15. The average molecular weight is 340 g/mol. The van der Waals surface area contributed by atoms with E-state index in [1.54, 1.807) is 12.1 Å². The van der Waals surface area contributed by atoms with E-state index in [9.17, 15) is 4.79 Å². The number of rotatable bonds is 3. The van der Waals surface area contributed by atoms with Crippen LogP contribution in [0.3, 0.4) is 0 Å². The second-order valence-corrected chi connectivity index (χ2v) is 6.07. The van der Waals surface area contributed by atoms with Gasteiger partial charge in [0.2, 0.25) is 5.95 Å². The second kappa shape index (κ2) is 5.69. The molecule has 2 heterocycles. The van der Waals surface area contributed by atoms with Gasteiger partial charge in [-0.05, 0) is 43.3 Å². The molecule has 0 aliphatic rings. The van der Waals surface area contributed by atoms with E-state index in [1.165, 1.54) is 0 Å². The molecule has 4 rings (SSSR count). The molecule has 1 atom stereocenters.